The molecule has 1 heterocycles. The summed E-state index contributed by atoms with van der Waals surface area (Å²) in [6.45, 7) is 0. The molecule has 58 valence electrons. The van der Waals surface area contributed by atoms with Crippen LogP contribution in [0.5, 0.6) is 0 Å². The van der Waals surface area contributed by atoms with Crippen LogP contribution >= 0.6 is 27.5 Å². The molecule has 0 atom stereocenters. The van der Waals surface area contributed by atoms with Crippen molar-refractivity contribution < 1.29 is 0 Å². The van der Waals surface area contributed by atoms with Gasteiger partial charge in [-0.25, -0.2) is 0 Å². The summed E-state index contributed by atoms with van der Waals surface area (Å²) in [6.07, 6.45) is 1.83. The molecule has 0 unspecified atom stereocenters. The first-order valence-electron chi connectivity index (χ1n) is 3.26. The number of nitrogens with zero attached hydrogens (tertiary/aromatic N) is 2. The number of halogens is 2. The first-order valence-corrected chi connectivity index (χ1v) is 6.44. The van der Waals surface area contributed by atoms with E-state index in [0.29, 0.717) is 5.02 Å². The standard InChI is InChI=1S/C7H3BrClN2.Tl/c8-4-1-2-5-7(6(4)9)11-3-10-5;/h1-3H;/q-1;+1. The third-order valence-corrected chi connectivity index (χ3v) is 4.51. The molecule has 1 aromatic heterocycles. The molecule has 12 heavy (non-hydrogen) atoms. The van der Waals surface area contributed by atoms with Gasteiger partial charge in [0, 0.05) is 0 Å². The van der Waals surface area contributed by atoms with Gasteiger partial charge in [-0.15, -0.1) is 0 Å². The van der Waals surface area contributed by atoms with Crippen molar-refractivity contribution in [2.24, 2.45) is 0 Å². The van der Waals surface area contributed by atoms with E-state index in [1.165, 1.54) is 0 Å². The summed E-state index contributed by atoms with van der Waals surface area (Å²) in [4.78, 5) is 4.22. The molecule has 2 aromatic rings. The third kappa shape index (κ3) is 1.31. The maximum atomic E-state index is 6.04. The minimum absolute atomic E-state index is 0.701. The zero-order valence-electron chi connectivity index (χ0n) is 5.96. The van der Waals surface area contributed by atoms with Gasteiger partial charge in [0.15, 0.2) is 0 Å². The van der Waals surface area contributed by atoms with Crippen molar-refractivity contribution >= 4 is 64.6 Å². The van der Waals surface area contributed by atoms with Gasteiger partial charge in [0.25, 0.3) is 0 Å². The number of aromatic nitrogens is 2. The average molecular weight is 435 g/mol. The molecule has 0 saturated carbocycles. The SMILES string of the molecule is Clc1c(Br)ccc2c1nc[n]2[Tl]. The number of imidazole rings is 1. The Bertz CT molecular complexity index is 440. The summed E-state index contributed by atoms with van der Waals surface area (Å²) in [6, 6.07) is 3.98. The Kier molecular flexibility index (Phi) is 2.44. The van der Waals surface area contributed by atoms with Crippen LogP contribution in [0.2, 0.25) is 5.02 Å². The number of hydrogen-bond acceptors (Lipinski definition) is 1. The van der Waals surface area contributed by atoms with Gasteiger partial charge in [0.1, 0.15) is 0 Å². The first kappa shape index (κ1) is 8.96. The van der Waals surface area contributed by atoms with Gasteiger partial charge in [-0.1, -0.05) is 0 Å². The molecule has 0 radical (unpaired) electrons. The molecule has 2 rings (SSSR count). The van der Waals surface area contributed by atoms with Crippen LogP contribution in [-0.2, 0) is 0 Å². The zero-order chi connectivity index (χ0) is 8.72. The van der Waals surface area contributed by atoms with Gasteiger partial charge in [-0.2, -0.15) is 0 Å². The van der Waals surface area contributed by atoms with E-state index in [1.807, 2.05) is 18.5 Å². The Morgan fingerprint density at radius 3 is 3.00 bits per heavy atom. The van der Waals surface area contributed by atoms with Crippen molar-refractivity contribution in [1.29, 1.82) is 0 Å². The predicted molar refractivity (Wildman–Crippen MR) is 53.6 cm³/mol. The van der Waals surface area contributed by atoms with Gasteiger partial charge in [0.05, 0.1) is 0 Å². The second-order valence-electron chi connectivity index (χ2n) is 2.38. The summed E-state index contributed by atoms with van der Waals surface area (Å²) in [7, 11) is 0. The van der Waals surface area contributed by atoms with Crippen LogP contribution in [0, 0.1) is 0 Å². The van der Waals surface area contributed by atoms with Gasteiger partial charge >= 0.3 is 99.9 Å². The van der Waals surface area contributed by atoms with Gasteiger partial charge < -0.3 is 0 Å². The van der Waals surface area contributed by atoms with Crippen LogP contribution in [-0.4, -0.2) is 33.4 Å². The summed E-state index contributed by atoms with van der Waals surface area (Å²) in [5, 5.41) is 0.701. The van der Waals surface area contributed by atoms with Crippen molar-refractivity contribution in [2.45, 2.75) is 0 Å². The maximum absolute atomic E-state index is 6.04. The topological polar surface area (TPSA) is 17.8 Å². The summed E-state index contributed by atoms with van der Waals surface area (Å²) < 4.78 is 3.01. The van der Waals surface area contributed by atoms with E-state index in [0.717, 1.165) is 41.6 Å². The molecule has 0 aliphatic rings. The summed E-state index contributed by atoms with van der Waals surface area (Å²) >= 11 is 10.1. The normalized spacial score (nSPS) is 10.8. The van der Waals surface area contributed by atoms with Crippen molar-refractivity contribution in [1.82, 2.24) is 7.36 Å². The molecule has 1 aromatic carbocycles. The van der Waals surface area contributed by atoms with Gasteiger partial charge in [-0.3, -0.25) is 0 Å². The molecular weight excluding hydrogens is 432 g/mol. The van der Waals surface area contributed by atoms with Crippen LogP contribution in [0.4, 0.5) is 0 Å². The van der Waals surface area contributed by atoms with E-state index in [9.17, 15) is 0 Å². The van der Waals surface area contributed by atoms with Crippen molar-refractivity contribution in [2.75, 3.05) is 0 Å². The molecular formula is C7H3BrClN2Tl. The van der Waals surface area contributed by atoms with Gasteiger partial charge in [0.2, 0.25) is 0 Å². The van der Waals surface area contributed by atoms with E-state index >= 15 is 0 Å². The molecule has 0 aliphatic heterocycles. The van der Waals surface area contributed by atoms with Crippen LogP contribution in [0.25, 0.3) is 11.0 Å². The number of rotatable bonds is 0. The summed E-state index contributed by atoms with van der Waals surface area (Å²) in [5.41, 5.74) is 2.00. The Morgan fingerprint density at radius 1 is 1.50 bits per heavy atom. The van der Waals surface area contributed by atoms with E-state index in [2.05, 4.69) is 23.3 Å². The Labute approximate surface area is 99.2 Å². The molecule has 0 fully saturated rings. The monoisotopic (exact) mass is 434 g/mol. The quantitative estimate of drug-likeness (QED) is 0.582. The van der Waals surface area contributed by atoms with E-state index in [-0.39, 0.29) is 0 Å². The fraction of sp³-hybridized carbons (Fsp3) is 0. The second kappa shape index (κ2) is 3.27. The number of fused-ring (bicyclic) bond motifs is 1. The van der Waals surface area contributed by atoms with Crippen LogP contribution < -0.4 is 0 Å². The predicted octanol–water partition coefficient (Wildman–Crippen LogP) is 2.38. The van der Waals surface area contributed by atoms with Crippen LogP contribution in [0.3, 0.4) is 0 Å². The van der Waals surface area contributed by atoms with Crippen molar-refractivity contribution in [3.63, 3.8) is 0 Å². The van der Waals surface area contributed by atoms with E-state index < -0.39 is 0 Å². The Morgan fingerprint density at radius 2 is 2.25 bits per heavy atom. The first-order chi connectivity index (χ1) is 5.70. The molecule has 2 nitrogen and oxygen atoms in total. The molecule has 0 aliphatic carbocycles. The second-order valence-corrected chi connectivity index (χ2v) is 5.78. The zero-order valence-corrected chi connectivity index (χ0v) is 12.8. The fourth-order valence-electron chi connectivity index (χ4n) is 1.04. The van der Waals surface area contributed by atoms with Crippen molar-refractivity contribution in [3.8, 4) is 0 Å². The molecule has 5 heteroatoms. The number of hydrogen-bond donors (Lipinski definition) is 0. The third-order valence-electron chi connectivity index (χ3n) is 1.64. The van der Waals surface area contributed by atoms with Crippen LogP contribution in [0.15, 0.2) is 22.9 Å². The minimum atomic E-state index is 0.701. The molecule has 0 N–H and O–H groups in total. The van der Waals surface area contributed by atoms with Crippen LogP contribution in [0.1, 0.15) is 0 Å². The van der Waals surface area contributed by atoms with E-state index in [4.69, 9.17) is 11.6 Å². The molecule has 0 spiro atoms. The molecule has 0 saturated heterocycles. The molecule has 0 bridgehead atoms. The van der Waals surface area contributed by atoms with Gasteiger partial charge in [-0.05, 0) is 0 Å². The molecule has 0 amide bonds. The Hall–Kier alpha value is 0.382. The fourth-order valence-corrected chi connectivity index (χ4v) is 2.64. The number of benzene rings is 1. The average Bonchev–Trinajstić information content (AvgIpc) is 2.41. The summed E-state index contributed by atoms with van der Waals surface area (Å²) in [5.74, 6) is 0. The van der Waals surface area contributed by atoms with Crippen molar-refractivity contribution in [3.05, 3.63) is 28.0 Å². The Balaban J connectivity index is 2.93. The van der Waals surface area contributed by atoms with E-state index in [1.54, 1.807) is 0 Å².